The molecule has 0 unspecified atom stereocenters. The van der Waals surface area contributed by atoms with Gasteiger partial charge in [0.05, 0.1) is 0 Å². The molecule has 0 aromatic rings. The molecule has 0 heterocycles. The first-order valence-corrected chi connectivity index (χ1v) is 3.86. The molecule has 0 saturated heterocycles. The summed E-state index contributed by atoms with van der Waals surface area (Å²) in [4.78, 5) is 0. The number of hydrogen-bond acceptors (Lipinski definition) is 5. The molecule has 0 aromatic carbocycles. The second kappa shape index (κ2) is 16.4. The van der Waals surface area contributed by atoms with E-state index in [1.54, 1.807) is 0 Å². The van der Waals surface area contributed by atoms with E-state index < -0.39 is 0 Å². The third-order valence-corrected chi connectivity index (χ3v) is 1.12. The van der Waals surface area contributed by atoms with Crippen molar-refractivity contribution in [3.8, 4) is 0 Å². The number of hydrazine groups is 1. The molecule has 0 atom stereocenters. The van der Waals surface area contributed by atoms with Gasteiger partial charge in [0.25, 0.3) is 0 Å². The van der Waals surface area contributed by atoms with Crippen LogP contribution in [-0.2, 0) is 0 Å². The molecule has 0 saturated carbocycles. The van der Waals surface area contributed by atoms with E-state index in [0.29, 0.717) is 0 Å². The van der Waals surface area contributed by atoms with Gasteiger partial charge in [0.2, 0.25) is 0 Å². The predicted octanol–water partition coefficient (Wildman–Crippen LogP) is -1.91. The van der Waals surface area contributed by atoms with Crippen LogP contribution in [0, 0.1) is 0 Å². The molecular formula is C6H21N5. The Morgan fingerprint density at radius 2 is 1.18 bits per heavy atom. The van der Waals surface area contributed by atoms with Crippen molar-refractivity contribution >= 4 is 0 Å². The van der Waals surface area contributed by atoms with Gasteiger partial charge in [-0.05, 0) is 39.0 Å². The van der Waals surface area contributed by atoms with Crippen LogP contribution in [0.5, 0.6) is 0 Å². The zero-order chi connectivity index (χ0) is 8.95. The molecule has 0 spiro atoms. The van der Waals surface area contributed by atoms with E-state index in [2.05, 4.69) is 17.0 Å². The lowest BCUT2D eigenvalue weighted by molar-refractivity contribution is 0.631. The van der Waals surface area contributed by atoms with Gasteiger partial charge in [-0.25, -0.2) is 0 Å². The Bertz CT molecular complexity index is 44.2. The van der Waals surface area contributed by atoms with Gasteiger partial charge in [0.15, 0.2) is 0 Å². The molecule has 0 aliphatic rings. The van der Waals surface area contributed by atoms with Gasteiger partial charge in [0.1, 0.15) is 0 Å². The highest BCUT2D eigenvalue weighted by atomic mass is 15.0. The van der Waals surface area contributed by atoms with Crippen molar-refractivity contribution in [2.75, 3.05) is 26.2 Å². The number of hydrogen-bond donors (Lipinski definition) is 5. The minimum absolute atomic E-state index is 0.773. The molecular weight excluding hydrogens is 142 g/mol. The highest BCUT2D eigenvalue weighted by molar-refractivity contribution is 4.48. The van der Waals surface area contributed by atoms with Crippen molar-refractivity contribution in [1.82, 2.24) is 5.32 Å². The van der Waals surface area contributed by atoms with Crippen molar-refractivity contribution in [1.29, 1.82) is 0 Å². The van der Waals surface area contributed by atoms with Crippen LogP contribution in [-0.4, -0.2) is 26.2 Å². The summed E-state index contributed by atoms with van der Waals surface area (Å²) >= 11 is 0. The molecule has 9 N–H and O–H groups in total. The average molecular weight is 163 g/mol. The average Bonchev–Trinajstić information content (AvgIpc) is 2.08. The van der Waals surface area contributed by atoms with Crippen molar-refractivity contribution in [3.05, 3.63) is 0 Å². The van der Waals surface area contributed by atoms with Gasteiger partial charge < -0.3 is 16.8 Å². The maximum absolute atomic E-state index is 5.28. The zero-order valence-corrected chi connectivity index (χ0v) is 7.05. The standard InChI is InChI=1S/C6H17N3.H4N2/c7-3-1-5-9-6-2-4-8;1-2/h9H,1-8H2;1-2H2. The monoisotopic (exact) mass is 163 g/mol. The van der Waals surface area contributed by atoms with Crippen LogP contribution < -0.4 is 28.5 Å². The quantitative estimate of drug-likeness (QED) is 0.178. The molecule has 0 bridgehead atoms. The summed E-state index contributed by atoms with van der Waals surface area (Å²) in [7, 11) is 0. The first-order chi connectivity index (χ1) is 5.41. The largest absolute Gasteiger partial charge is 0.330 e. The lowest BCUT2D eigenvalue weighted by Crippen LogP contribution is -2.21. The lowest BCUT2D eigenvalue weighted by Gasteiger charge is -2.00. The summed E-state index contributed by atoms with van der Waals surface area (Å²) in [6.45, 7) is 3.60. The highest BCUT2D eigenvalue weighted by Crippen LogP contribution is 1.72. The van der Waals surface area contributed by atoms with Crippen LogP contribution in [0.1, 0.15) is 12.8 Å². The van der Waals surface area contributed by atoms with E-state index in [0.717, 1.165) is 39.0 Å². The van der Waals surface area contributed by atoms with Crippen LogP contribution in [0.25, 0.3) is 0 Å². The van der Waals surface area contributed by atoms with Crippen LogP contribution >= 0.6 is 0 Å². The van der Waals surface area contributed by atoms with Gasteiger partial charge in [-0.3, -0.25) is 11.7 Å². The van der Waals surface area contributed by atoms with E-state index in [1.807, 2.05) is 0 Å². The maximum atomic E-state index is 5.28. The van der Waals surface area contributed by atoms with Crippen molar-refractivity contribution in [3.63, 3.8) is 0 Å². The van der Waals surface area contributed by atoms with Gasteiger partial charge >= 0.3 is 0 Å². The Hall–Kier alpha value is -0.200. The minimum Gasteiger partial charge on any atom is -0.330 e. The van der Waals surface area contributed by atoms with E-state index in [1.165, 1.54) is 0 Å². The van der Waals surface area contributed by atoms with Crippen LogP contribution in [0.2, 0.25) is 0 Å². The first-order valence-electron chi connectivity index (χ1n) is 3.86. The molecule has 11 heavy (non-hydrogen) atoms. The topological polar surface area (TPSA) is 116 Å². The Morgan fingerprint density at radius 3 is 1.45 bits per heavy atom. The summed E-state index contributed by atoms with van der Waals surface area (Å²) < 4.78 is 0. The smallest absolute Gasteiger partial charge is 0.00369 e. The molecule has 0 aliphatic carbocycles. The van der Waals surface area contributed by atoms with E-state index >= 15 is 0 Å². The lowest BCUT2D eigenvalue weighted by atomic mass is 10.4. The first kappa shape index (κ1) is 13.4. The molecule has 5 heteroatoms. The summed E-state index contributed by atoms with van der Waals surface area (Å²) in [6.07, 6.45) is 2.12. The second-order valence-electron chi connectivity index (χ2n) is 2.03. The van der Waals surface area contributed by atoms with E-state index in [4.69, 9.17) is 11.5 Å². The molecule has 5 nitrogen and oxygen atoms in total. The normalized spacial score (nSPS) is 8.73. The van der Waals surface area contributed by atoms with Gasteiger partial charge in [-0.2, -0.15) is 0 Å². The van der Waals surface area contributed by atoms with E-state index in [-0.39, 0.29) is 0 Å². The van der Waals surface area contributed by atoms with Crippen LogP contribution in [0.15, 0.2) is 0 Å². The zero-order valence-electron chi connectivity index (χ0n) is 7.05. The van der Waals surface area contributed by atoms with Crippen LogP contribution in [0.4, 0.5) is 0 Å². The van der Waals surface area contributed by atoms with Gasteiger partial charge in [-0.15, -0.1) is 0 Å². The Balaban J connectivity index is 0. The molecule has 0 aliphatic heterocycles. The Kier molecular flexibility index (Phi) is 20.0. The van der Waals surface area contributed by atoms with Crippen molar-refractivity contribution < 1.29 is 0 Å². The predicted molar refractivity (Wildman–Crippen MR) is 48.6 cm³/mol. The van der Waals surface area contributed by atoms with Gasteiger partial charge in [-0.1, -0.05) is 0 Å². The molecule has 0 fully saturated rings. The second-order valence-corrected chi connectivity index (χ2v) is 2.03. The highest BCUT2D eigenvalue weighted by Gasteiger charge is 1.83. The third-order valence-electron chi connectivity index (χ3n) is 1.12. The van der Waals surface area contributed by atoms with Crippen LogP contribution in [0.3, 0.4) is 0 Å². The molecule has 70 valence electrons. The summed E-state index contributed by atoms with van der Waals surface area (Å²) in [5.74, 6) is 8.00. The Morgan fingerprint density at radius 1 is 0.818 bits per heavy atom. The van der Waals surface area contributed by atoms with Crippen molar-refractivity contribution in [2.45, 2.75) is 12.8 Å². The van der Waals surface area contributed by atoms with E-state index in [9.17, 15) is 0 Å². The molecule has 0 radical (unpaired) electrons. The summed E-state index contributed by atoms with van der Waals surface area (Å²) in [5, 5.41) is 3.23. The van der Waals surface area contributed by atoms with Crippen molar-refractivity contribution in [2.24, 2.45) is 23.2 Å². The molecule has 0 aromatic heterocycles. The fourth-order valence-corrected chi connectivity index (χ4v) is 0.579. The fraction of sp³-hybridized carbons (Fsp3) is 1.00. The fourth-order valence-electron chi connectivity index (χ4n) is 0.579. The van der Waals surface area contributed by atoms with Gasteiger partial charge in [0, 0.05) is 0 Å². The Labute approximate surface area is 68.4 Å². The number of nitrogens with one attached hydrogen (secondary N) is 1. The molecule has 0 amide bonds. The summed E-state index contributed by atoms with van der Waals surface area (Å²) in [5.41, 5.74) is 10.6. The SMILES string of the molecule is NCCCNCCCN.NN. The number of nitrogens with two attached hydrogens (primary N) is 4. The molecule has 0 rings (SSSR count). The third kappa shape index (κ3) is 17.7. The number of rotatable bonds is 6. The maximum Gasteiger partial charge on any atom is -0.00369 e. The minimum atomic E-state index is 0.773. The summed E-state index contributed by atoms with van der Waals surface area (Å²) in [6, 6.07) is 0.